The van der Waals surface area contributed by atoms with Crippen LogP contribution in [0.3, 0.4) is 0 Å². The predicted molar refractivity (Wildman–Crippen MR) is 178 cm³/mol. The highest BCUT2D eigenvalue weighted by atomic mass is 35.5. The van der Waals surface area contributed by atoms with Crippen molar-refractivity contribution in [3.8, 4) is 11.4 Å². The highest BCUT2D eigenvalue weighted by Crippen LogP contribution is 2.30. The number of carbonyl (C=O) groups is 1. The molecule has 7 heteroatoms. The van der Waals surface area contributed by atoms with Gasteiger partial charge >= 0.3 is 0 Å². The van der Waals surface area contributed by atoms with Gasteiger partial charge in [-0.05, 0) is 60.7 Å². The number of phenolic OH excluding ortho intramolecular Hbond substituents is 1. The molecule has 41 heavy (non-hydrogen) atoms. The number of hydrogen-bond acceptors (Lipinski definition) is 4. The number of thiophene rings is 1. The number of aromatic hydroxyl groups is 1. The maximum absolute atomic E-state index is 11.9. The van der Waals surface area contributed by atoms with Gasteiger partial charge in [0.25, 0.3) is 0 Å². The molecule has 0 aliphatic rings. The normalized spacial score (nSPS) is 11.6. The van der Waals surface area contributed by atoms with Crippen molar-refractivity contribution in [3.05, 3.63) is 97.4 Å². The molecule has 2 aromatic carbocycles. The topological polar surface area (TPSA) is 55.1 Å². The lowest BCUT2D eigenvalue weighted by molar-refractivity contribution is 0.101. The van der Waals surface area contributed by atoms with E-state index in [1.54, 1.807) is 10.7 Å². The molecule has 0 radical (unpaired) electrons. The first kappa shape index (κ1) is 34.3. The Balaban J connectivity index is 0.000000303. The van der Waals surface area contributed by atoms with Gasteiger partial charge in [-0.15, -0.1) is 11.3 Å². The fourth-order valence-corrected chi connectivity index (χ4v) is 5.18. The SMILES string of the molecule is CC(=O)c1nn(-c2ccc(O)cc2Cl)c(/C=C/c2ccc(Cl)s2)c1C.CC(C)[C@H](C)c1ccccc1.CCCCC. The summed E-state index contributed by atoms with van der Waals surface area (Å²) in [6, 6.07) is 19.0. The monoisotopic (exact) mass is 612 g/mol. The quantitative estimate of drug-likeness (QED) is 0.201. The number of halogens is 2. The smallest absolute Gasteiger partial charge is 0.180 e. The number of carbonyl (C=O) groups excluding carboxylic acids is 1. The van der Waals surface area contributed by atoms with Crippen molar-refractivity contribution < 1.29 is 9.90 Å². The minimum Gasteiger partial charge on any atom is -0.508 e. The van der Waals surface area contributed by atoms with Crippen molar-refractivity contribution in [3.63, 3.8) is 0 Å². The van der Waals surface area contributed by atoms with Crippen LogP contribution in [-0.4, -0.2) is 20.7 Å². The summed E-state index contributed by atoms with van der Waals surface area (Å²) in [6.45, 7) is 14.5. The lowest BCUT2D eigenvalue weighted by atomic mass is 9.91. The van der Waals surface area contributed by atoms with Crippen molar-refractivity contribution in [1.82, 2.24) is 9.78 Å². The number of hydrogen-bond donors (Lipinski definition) is 1. The van der Waals surface area contributed by atoms with Gasteiger partial charge in [0.1, 0.15) is 11.4 Å². The molecule has 0 saturated heterocycles. The molecular weight excluding hydrogens is 571 g/mol. The summed E-state index contributed by atoms with van der Waals surface area (Å²) in [6.07, 6.45) is 7.86. The second kappa shape index (κ2) is 17.2. The molecule has 0 bridgehead atoms. The minimum atomic E-state index is -0.125. The summed E-state index contributed by atoms with van der Waals surface area (Å²) in [5, 5.41) is 14.3. The lowest BCUT2D eigenvalue weighted by Gasteiger charge is -2.15. The Kier molecular flexibility index (Phi) is 14.4. The van der Waals surface area contributed by atoms with Crippen molar-refractivity contribution in [2.45, 2.75) is 73.6 Å². The van der Waals surface area contributed by atoms with Crippen LogP contribution >= 0.6 is 34.5 Å². The molecule has 0 saturated carbocycles. The van der Waals surface area contributed by atoms with Gasteiger partial charge < -0.3 is 5.11 Å². The minimum absolute atomic E-state index is 0.0646. The number of nitrogens with zero attached hydrogens (tertiary/aromatic N) is 2. The molecule has 0 unspecified atom stereocenters. The molecular formula is C34H42Cl2N2O2S. The summed E-state index contributed by atoms with van der Waals surface area (Å²) in [7, 11) is 0. The van der Waals surface area contributed by atoms with Gasteiger partial charge in [0.2, 0.25) is 0 Å². The van der Waals surface area contributed by atoms with Gasteiger partial charge in [-0.2, -0.15) is 5.10 Å². The van der Waals surface area contributed by atoms with Crippen LogP contribution < -0.4 is 0 Å². The van der Waals surface area contributed by atoms with Crippen LogP contribution in [0.2, 0.25) is 9.36 Å². The Morgan fingerprint density at radius 3 is 2.15 bits per heavy atom. The third-order valence-electron chi connectivity index (χ3n) is 6.69. The van der Waals surface area contributed by atoms with Crippen LogP contribution in [0.15, 0.2) is 60.7 Å². The summed E-state index contributed by atoms with van der Waals surface area (Å²) >= 11 is 13.7. The zero-order valence-electron chi connectivity index (χ0n) is 25.1. The number of Topliss-reactive ketones (excluding diaryl/α,β-unsaturated/α-hetero) is 1. The van der Waals surface area contributed by atoms with Gasteiger partial charge in [0, 0.05) is 23.4 Å². The fourth-order valence-electron chi connectivity index (χ4n) is 3.96. The molecule has 1 N–H and O–H groups in total. The molecule has 0 aliphatic carbocycles. The van der Waals surface area contributed by atoms with Gasteiger partial charge in [-0.1, -0.05) is 107 Å². The maximum Gasteiger partial charge on any atom is 0.180 e. The fraction of sp³-hybridized carbons (Fsp3) is 0.353. The van der Waals surface area contributed by atoms with Crippen LogP contribution in [0.5, 0.6) is 5.75 Å². The Hall–Kier alpha value is -2.86. The standard InChI is InChI=1S/C18H14Cl2N2O2S.C11H16.C5H12/c1-10-15(7-4-13-5-8-17(20)25-13)22(21-18(10)11(2)23)16-6-3-12(24)9-14(16)19;1-9(2)10(3)11-7-5-4-6-8-11;1-3-5-4-2/h3-9,24H,1-2H3;4-10H,1-3H3;3-5H2,1-2H3/b7-4+;;/t;10-;/m.0./s1. The van der Waals surface area contributed by atoms with E-state index in [-0.39, 0.29) is 11.5 Å². The number of unbranched alkanes of at least 4 members (excludes halogenated alkanes) is 2. The van der Waals surface area contributed by atoms with E-state index in [2.05, 4.69) is 70.0 Å². The number of aromatic nitrogens is 2. The second-order valence-electron chi connectivity index (χ2n) is 10.2. The highest BCUT2D eigenvalue weighted by molar-refractivity contribution is 7.17. The van der Waals surface area contributed by atoms with E-state index in [0.29, 0.717) is 26.7 Å². The van der Waals surface area contributed by atoms with Crippen LogP contribution in [0.25, 0.3) is 17.8 Å². The Morgan fingerprint density at radius 2 is 1.66 bits per heavy atom. The zero-order valence-corrected chi connectivity index (χ0v) is 27.4. The second-order valence-corrected chi connectivity index (χ2v) is 12.4. The third-order valence-corrected chi connectivity index (χ3v) is 8.19. The van der Waals surface area contributed by atoms with E-state index in [1.807, 2.05) is 31.2 Å². The van der Waals surface area contributed by atoms with Gasteiger partial charge in [0.15, 0.2) is 5.78 Å². The first-order valence-corrected chi connectivity index (χ1v) is 15.6. The molecule has 0 spiro atoms. The molecule has 4 nitrogen and oxygen atoms in total. The van der Waals surface area contributed by atoms with Gasteiger partial charge in [-0.25, -0.2) is 4.68 Å². The van der Waals surface area contributed by atoms with Crippen molar-refractivity contribution in [2.24, 2.45) is 5.92 Å². The highest BCUT2D eigenvalue weighted by Gasteiger charge is 2.18. The van der Waals surface area contributed by atoms with Crippen LogP contribution in [0.4, 0.5) is 0 Å². The molecule has 0 fully saturated rings. The molecule has 0 amide bonds. The lowest BCUT2D eigenvalue weighted by Crippen LogP contribution is -2.01. The number of rotatable bonds is 8. The number of benzene rings is 2. The van der Waals surface area contributed by atoms with Gasteiger partial charge in [-0.3, -0.25) is 4.79 Å². The van der Waals surface area contributed by atoms with Crippen molar-refractivity contribution in [2.75, 3.05) is 0 Å². The van der Waals surface area contributed by atoms with Crippen LogP contribution in [-0.2, 0) is 0 Å². The molecule has 4 rings (SSSR count). The summed E-state index contributed by atoms with van der Waals surface area (Å²) < 4.78 is 2.32. The molecule has 2 heterocycles. The van der Waals surface area contributed by atoms with Crippen molar-refractivity contribution in [1.29, 1.82) is 0 Å². The molecule has 0 aliphatic heterocycles. The predicted octanol–water partition coefficient (Wildman–Crippen LogP) is 11.3. The largest absolute Gasteiger partial charge is 0.508 e. The van der Waals surface area contributed by atoms with E-state index in [9.17, 15) is 9.90 Å². The number of ketones is 1. The summed E-state index contributed by atoms with van der Waals surface area (Å²) in [5.41, 5.74) is 3.91. The molecule has 4 aromatic rings. The molecule has 220 valence electrons. The third kappa shape index (κ3) is 10.5. The van der Waals surface area contributed by atoms with E-state index in [0.717, 1.165) is 22.1 Å². The summed E-state index contributed by atoms with van der Waals surface area (Å²) in [5.74, 6) is 1.35. The molecule has 2 aromatic heterocycles. The van der Waals surface area contributed by atoms with Crippen LogP contribution in [0.1, 0.15) is 98.9 Å². The Morgan fingerprint density at radius 1 is 1.00 bits per heavy atom. The van der Waals surface area contributed by atoms with E-state index in [1.165, 1.54) is 55.2 Å². The van der Waals surface area contributed by atoms with Crippen molar-refractivity contribution >= 4 is 52.5 Å². The average Bonchev–Trinajstić information content (AvgIpc) is 3.51. The first-order valence-electron chi connectivity index (χ1n) is 14.1. The average molecular weight is 614 g/mol. The van der Waals surface area contributed by atoms with Gasteiger partial charge in [0.05, 0.1) is 20.7 Å². The first-order chi connectivity index (χ1) is 19.5. The maximum atomic E-state index is 11.9. The van der Waals surface area contributed by atoms with Crippen LogP contribution in [0, 0.1) is 12.8 Å². The Bertz CT molecular complexity index is 1410. The van der Waals surface area contributed by atoms with E-state index in [4.69, 9.17) is 23.2 Å². The number of phenols is 1. The van der Waals surface area contributed by atoms with E-state index >= 15 is 0 Å². The Labute approximate surface area is 259 Å². The van der Waals surface area contributed by atoms with E-state index < -0.39 is 0 Å². The summed E-state index contributed by atoms with van der Waals surface area (Å²) in [4.78, 5) is 12.9. The molecule has 1 atom stereocenters. The zero-order chi connectivity index (χ0) is 30.5.